The summed E-state index contributed by atoms with van der Waals surface area (Å²) in [6.45, 7) is 8.04. The van der Waals surface area contributed by atoms with Gasteiger partial charge in [-0.3, -0.25) is 19.4 Å². The smallest absolute Gasteiger partial charge is 0.256 e. The number of halogens is 1. The maximum absolute atomic E-state index is 13.7. The van der Waals surface area contributed by atoms with Gasteiger partial charge in [-0.1, -0.05) is 42.8 Å². The molecule has 1 atom stereocenters. The number of hydrogen-bond donors (Lipinski definition) is 1. The van der Waals surface area contributed by atoms with E-state index in [0.29, 0.717) is 34.7 Å². The molecule has 0 radical (unpaired) electrons. The van der Waals surface area contributed by atoms with E-state index in [9.17, 15) is 9.59 Å². The van der Waals surface area contributed by atoms with Crippen LogP contribution in [-0.2, 0) is 9.59 Å². The molecule has 2 aliphatic heterocycles. The number of carbonyl (C=O) groups excluding carboxylic acids is 2. The highest BCUT2D eigenvalue weighted by Gasteiger charge is 2.44. The molecule has 5 rings (SSSR count). The summed E-state index contributed by atoms with van der Waals surface area (Å²) in [4.78, 5) is 35.2. The molecule has 2 fully saturated rings. The molecule has 2 saturated heterocycles. The maximum atomic E-state index is 13.7. The molecular formula is C33H38ClN5O3S. The van der Waals surface area contributed by atoms with E-state index in [1.807, 2.05) is 29.2 Å². The zero-order chi connectivity index (χ0) is 30.2. The van der Waals surface area contributed by atoms with Gasteiger partial charge in [0.2, 0.25) is 5.91 Å². The van der Waals surface area contributed by atoms with Crippen molar-refractivity contribution in [2.24, 2.45) is 0 Å². The lowest BCUT2D eigenvalue weighted by molar-refractivity contribution is -0.124. The van der Waals surface area contributed by atoms with Gasteiger partial charge in [0.1, 0.15) is 11.8 Å². The molecule has 0 spiro atoms. The van der Waals surface area contributed by atoms with Gasteiger partial charge in [-0.05, 0) is 86.2 Å². The highest BCUT2D eigenvalue weighted by Crippen LogP contribution is 2.29. The molecule has 0 aromatic heterocycles. The Morgan fingerprint density at radius 3 is 2.37 bits per heavy atom. The van der Waals surface area contributed by atoms with Gasteiger partial charge in [-0.25, -0.2) is 0 Å². The first-order valence-corrected chi connectivity index (χ1v) is 15.7. The minimum absolute atomic E-state index is 0.0140. The molecular weight excluding hydrogens is 582 g/mol. The Bertz CT molecular complexity index is 1400. The van der Waals surface area contributed by atoms with Crippen LogP contribution in [0.15, 0.2) is 78.9 Å². The summed E-state index contributed by atoms with van der Waals surface area (Å²) in [5.41, 5.74) is 2.51. The Kier molecular flexibility index (Phi) is 10.5. The number of anilines is 3. The van der Waals surface area contributed by atoms with Crippen molar-refractivity contribution in [3.05, 3.63) is 83.9 Å². The van der Waals surface area contributed by atoms with Crippen LogP contribution in [0.3, 0.4) is 0 Å². The van der Waals surface area contributed by atoms with E-state index in [2.05, 4.69) is 46.3 Å². The van der Waals surface area contributed by atoms with Crippen LogP contribution >= 0.6 is 23.8 Å². The first-order chi connectivity index (χ1) is 20.9. The summed E-state index contributed by atoms with van der Waals surface area (Å²) in [7, 11) is 0. The van der Waals surface area contributed by atoms with Gasteiger partial charge in [-0.2, -0.15) is 0 Å². The molecule has 0 saturated carbocycles. The van der Waals surface area contributed by atoms with E-state index in [0.717, 1.165) is 51.3 Å². The average molecular weight is 620 g/mol. The first-order valence-electron chi connectivity index (χ1n) is 14.9. The Balaban J connectivity index is 1.21. The summed E-state index contributed by atoms with van der Waals surface area (Å²) in [5, 5.41) is 3.84. The van der Waals surface area contributed by atoms with Gasteiger partial charge < -0.3 is 19.9 Å². The molecule has 1 N–H and O–H groups in total. The molecule has 226 valence electrons. The average Bonchev–Trinajstić information content (AvgIpc) is 3.25. The van der Waals surface area contributed by atoms with Crippen molar-refractivity contribution >= 4 is 57.8 Å². The predicted octanol–water partition coefficient (Wildman–Crippen LogP) is 5.67. The third-order valence-electron chi connectivity index (χ3n) is 7.74. The second-order valence-electron chi connectivity index (χ2n) is 10.8. The predicted molar refractivity (Wildman–Crippen MR) is 177 cm³/mol. The summed E-state index contributed by atoms with van der Waals surface area (Å²) in [5.74, 6) is 0.279. The fourth-order valence-corrected chi connectivity index (χ4v) is 6.11. The zero-order valence-electron chi connectivity index (χ0n) is 24.5. The van der Waals surface area contributed by atoms with Crippen molar-refractivity contribution in [3.63, 3.8) is 0 Å². The summed E-state index contributed by atoms with van der Waals surface area (Å²) < 4.78 is 5.63. The molecule has 3 aromatic carbocycles. The second kappa shape index (κ2) is 14.7. The van der Waals surface area contributed by atoms with Gasteiger partial charge in [0.25, 0.3) is 5.91 Å². The Morgan fingerprint density at radius 1 is 0.953 bits per heavy atom. The Morgan fingerprint density at radius 2 is 1.67 bits per heavy atom. The number of piperazine rings is 1. The number of carbonyl (C=O) groups is 2. The van der Waals surface area contributed by atoms with Crippen LogP contribution in [-0.4, -0.2) is 78.6 Å². The molecule has 3 aromatic rings. The van der Waals surface area contributed by atoms with Crippen molar-refractivity contribution in [3.8, 4) is 5.75 Å². The zero-order valence-corrected chi connectivity index (χ0v) is 26.0. The summed E-state index contributed by atoms with van der Waals surface area (Å²) >= 11 is 12.1. The minimum Gasteiger partial charge on any atom is -0.494 e. The maximum Gasteiger partial charge on any atom is 0.256 e. The van der Waals surface area contributed by atoms with Crippen LogP contribution in [0.1, 0.15) is 26.2 Å². The van der Waals surface area contributed by atoms with Crippen LogP contribution in [0.5, 0.6) is 5.75 Å². The molecule has 0 aliphatic carbocycles. The van der Waals surface area contributed by atoms with Crippen molar-refractivity contribution in [1.82, 2.24) is 9.80 Å². The van der Waals surface area contributed by atoms with Gasteiger partial charge in [0.05, 0.1) is 18.7 Å². The number of ether oxygens (including phenoxy) is 1. The fourth-order valence-electron chi connectivity index (χ4n) is 5.52. The Hall–Kier alpha value is -3.66. The van der Waals surface area contributed by atoms with Crippen molar-refractivity contribution in [2.45, 2.75) is 32.2 Å². The lowest BCUT2D eigenvalue weighted by atomic mass is 10.1. The number of thiocarbonyl (C=S) groups is 1. The van der Waals surface area contributed by atoms with E-state index < -0.39 is 6.04 Å². The number of hydrogen-bond acceptors (Lipinski definition) is 6. The van der Waals surface area contributed by atoms with Gasteiger partial charge >= 0.3 is 0 Å². The minimum atomic E-state index is -0.700. The van der Waals surface area contributed by atoms with Crippen LogP contribution < -0.4 is 19.9 Å². The highest BCUT2D eigenvalue weighted by molar-refractivity contribution is 7.80. The van der Waals surface area contributed by atoms with E-state index in [4.69, 9.17) is 28.6 Å². The standard InChI is InChI=1S/C33H38ClN5O3S/c1-2-22-42-29-14-12-26(13-15-29)35-31(40)24-30-32(41)39(28-11-6-8-25(34)23-28)33(43)38(30)17-7-16-36-18-20-37(21-19-36)27-9-4-3-5-10-27/h3-6,8-15,23,30H,2,7,16-22,24H2,1H3,(H,35,40). The van der Waals surface area contributed by atoms with E-state index in [1.165, 1.54) is 10.6 Å². The molecule has 10 heteroatoms. The molecule has 43 heavy (non-hydrogen) atoms. The monoisotopic (exact) mass is 619 g/mol. The van der Waals surface area contributed by atoms with Gasteiger partial charge in [0, 0.05) is 49.1 Å². The normalized spacial score (nSPS) is 17.4. The third-order valence-corrected chi connectivity index (χ3v) is 8.39. The molecule has 2 heterocycles. The molecule has 2 aliphatic rings. The number of benzene rings is 3. The number of nitrogens with one attached hydrogen (secondary N) is 1. The van der Waals surface area contributed by atoms with E-state index in [-0.39, 0.29) is 18.2 Å². The first kappa shape index (κ1) is 30.8. The van der Waals surface area contributed by atoms with Crippen LogP contribution in [0.2, 0.25) is 5.02 Å². The lowest BCUT2D eigenvalue weighted by Gasteiger charge is -2.36. The molecule has 8 nitrogen and oxygen atoms in total. The molecule has 0 bridgehead atoms. The third kappa shape index (κ3) is 7.84. The summed E-state index contributed by atoms with van der Waals surface area (Å²) in [6.07, 6.45) is 1.72. The number of rotatable bonds is 12. The largest absolute Gasteiger partial charge is 0.494 e. The van der Waals surface area contributed by atoms with Crippen LogP contribution in [0.25, 0.3) is 0 Å². The lowest BCUT2D eigenvalue weighted by Crippen LogP contribution is -2.47. The second-order valence-corrected chi connectivity index (χ2v) is 11.6. The van der Waals surface area contributed by atoms with Crippen molar-refractivity contribution in [2.75, 3.05) is 61.0 Å². The van der Waals surface area contributed by atoms with Crippen molar-refractivity contribution in [1.29, 1.82) is 0 Å². The quantitative estimate of drug-likeness (QED) is 0.262. The highest BCUT2D eigenvalue weighted by atomic mass is 35.5. The van der Waals surface area contributed by atoms with Gasteiger partial charge in [0.15, 0.2) is 5.11 Å². The van der Waals surface area contributed by atoms with E-state index >= 15 is 0 Å². The molecule has 1 unspecified atom stereocenters. The summed E-state index contributed by atoms with van der Waals surface area (Å²) in [6, 6.07) is 24.1. The number of amides is 2. The Labute approximate surface area is 264 Å². The molecule has 2 amide bonds. The fraction of sp³-hybridized carbons (Fsp3) is 0.364. The van der Waals surface area contributed by atoms with Crippen LogP contribution in [0.4, 0.5) is 17.1 Å². The van der Waals surface area contributed by atoms with Crippen LogP contribution in [0, 0.1) is 0 Å². The number of nitrogens with zero attached hydrogens (tertiary/aromatic N) is 4. The topological polar surface area (TPSA) is 68.4 Å². The number of para-hydroxylation sites is 1. The van der Waals surface area contributed by atoms with E-state index in [1.54, 1.807) is 30.3 Å². The van der Waals surface area contributed by atoms with Crippen molar-refractivity contribution < 1.29 is 14.3 Å². The van der Waals surface area contributed by atoms with Gasteiger partial charge in [-0.15, -0.1) is 0 Å². The SMILES string of the molecule is CCCOc1ccc(NC(=O)CC2C(=O)N(c3cccc(Cl)c3)C(=S)N2CCCN2CCN(c3ccccc3)CC2)cc1.